The summed E-state index contributed by atoms with van der Waals surface area (Å²) in [6, 6.07) is 6.29. The van der Waals surface area contributed by atoms with Crippen LogP contribution in [0, 0.1) is 0 Å². The second-order valence-corrected chi connectivity index (χ2v) is 8.65. The van der Waals surface area contributed by atoms with Crippen LogP contribution in [0.5, 0.6) is 0 Å². The lowest BCUT2D eigenvalue weighted by Gasteiger charge is -2.14. The zero-order valence-corrected chi connectivity index (χ0v) is 13.5. The first-order valence-electron chi connectivity index (χ1n) is 6.76. The van der Waals surface area contributed by atoms with Gasteiger partial charge < -0.3 is 9.52 Å². The van der Waals surface area contributed by atoms with Crippen LogP contribution < -0.4 is 0 Å². The Labute approximate surface area is 132 Å². The van der Waals surface area contributed by atoms with Crippen molar-refractivity contribution in [1.29, 1.82) is 0 Å². The third-order valence-corrected chi connectivity index (χ3v) is 7.02. The molecule has 1 aliphatic rings. The Kier molecular flexibility index (Phi) is 3.84. The lowest BCUT2D eigenvalue weighted by atomic mass is 10.3. The maximum atomic E-state index is 12.5. The van der Waals surface area contributed by atoms with Gasteiger partial charge in [0.1, 0.15) is 9.97 Å². The molecule has 1 saturated carbocycles. The van der Waals surface area contributed by atoms with Crippen molar-refractivity contribution in [1.82, 2.24) is 4.31 Å². The fourth-order valence-electron chi connectivity index (χ4n) is 2.10. The number of hydrogen-bond acceptors (Lipinski definition) is 5. The van der Waals surface area contributed by atoms with E-state index in [1.807, 2.05) is 6.07 Å². The van der Waals surface area contributed by atoms with E-state index in [2.05, 4.69) is 0 Å². The van der Waals surface area contributed by atoms with Crippen LogP contribution in [0.2, 0.25) is 0 Å². The molecular weight excluding hydrogens is 326 g/mol. The average molecular weight is 341 g/mol. The summed E-state index contributed by atoms with van der Waals surface area (Å²) < 4.78 is 31.6. The molecule has 1 N–H and O–H groups in total. The number of nitrogens with zero attached hydrogens (tertiary/aromatic N) is 1. The number of rotatable bonds is 6. The van der Waals surface area contributed by atoms with Gasteiger partial charge in [0.15, 0.2) is 0 Å². The van der Waals surface area contributed by atoms with E-state index in [0.717, 1.165) is 17.7 Å². The summed E-state index contributed by atoms with van der Waals surface area (Å²) in [5.74, 6) is -0.568. The molecule has 0 aliphatic heterocycles. The van der Waals surface area contributed by atoms with Crippen LogP contribution in [0.15, 0.2) is 32.9 Å². The molecule has 2 heterocycles. The number of carboxylic acids is 1. The van der Waals surface area contributed by atoms with Crippen LogP contribution in [0.1, 0.15) is 40.0 Å². The van der Waals surface area contributed by atoms with E-state index >= 15 is 0 Å². The van der Waals surface area contributed by atoms with Crippen molar-refractivity contribution in [3.63, 3.8) is 0 Å². The SMILES string of the molecule is CN(Cc1ccc(C(=O)O)o1)S(=O)(=O)c1ccc(C2CC2)s1. The molecule has 0 amide bonds. The predicted octanol–water partition coefficient (Wildman–Crippen LogP) is 2.74. The van der Waals surface area contributed by atoms with Gasteiger partial charge in [-0.15, -0.1) is 11.3 Å². The minimum atomic E-state index is -3.59. The second-order valence-electron chi connectivity index (χ2n) is 5.26. The maximum Gasteiger partial charge on any atom is 0.371 e. The van der Waals surface area contributed by atoms with E-state index in [1.54, 1.807) is 6.07 Å². The first kappa shape index (κ1) is 15.3. The van der Waals surface area contributed by atoms with Gasteiger partial charge in [-0.05, 0) is 43.0 Å². The lowest BCUT2D eigenvalue weighted by molar-refractivity contribution is 0.0659. The van der Waals surface area contributed by atoms with Crippen LogP contribution in [0.25, 0.3) is 0 Å². The number of aromatic carboxylic acids is 1. The van der Waals surface area contributed by atoms with E-state index in [4.69, 9.17) is 9.52 Å². The predicted molar refractivity (Wildman–Crippen MR) is 80.6 cm³/mol. The monoisotopic (exact) mass is 341 g/mol. The first-order valence-corrected chi connectivity index (χ1v) is 9.01. The fraction of sp³-hybridized carbons (Fsp3) is 0.357. The molecule has 0 aromatic carbocycles. The summed E-state index contributed by atoms with van der Waals surface area (Å²) in [6.07, 6.45) is 2.25. The molecule has 6 nitrogen and oxygen atoms in total. The van der Waals surface area contributed by atoms with Gasteiger partial charge >= 0.3 is 5.97 Å². The van der Waals surface area contributed by atoms with Crippen LogP contribution in [0.3, 0.4) is 0 Å². The van der Waals surface area contributed by atoms with Gasteiger partial charge in [0.25, 0.3) is 10.0 Å². The number of carboxylic acid groups (broad SMARTS) is 1. The number of hydrogen-bond donors (Lipinski definition) is 1. The average Bonchev–Trinajstić information content (AvgIpc) is 3.01. The quantitative estimate of drug-likeness (QED) is 0.873. The highest BCUT2D eigenvalue weighted by molar-refractivity contribution is 7.91. The Morgan fingerprint density at radius 3 is 2.68 bits per heavy atom. The molecule has 2 aromatic rings. The third kappa shape index (κ3) is 2.94. The zero-order valence-electron chi connectivity index (χ0n) is 11.9. The third-order valence-electron chi connectivity index (χ3n) is 3.50. The number of carbonyl (C=O) groups is 1. The highest BCUT2D eigenvalue weighted by Gasteiger charge is 2.29. The highest BCUT2D eigenvalue weighted by Crippen LogP contribution is 2.44. The molecule has 0 saturated heterocycles. The molecule has 2 aromatic heterocycles. The minimum Gasteiger partial charge on any atom is -0.475 e. The lowest BCUT2D eigenvalue weighted by Crippen LogP contribution is -2.25. The molecule has 22 heavy (non-hydrogen) atoms. The first-order chi connectivity index (χ1) is 10.4. The fourth-order valence-corrected chi connectivity index (χ4v) is 4.94. The van der Waals surface area contributed by atoms with Crippen molar-refractivity contribution >= 4 is 27.3 Å². The molecular formula is C14H15NO5S2. The van der Waals surface area contributed by atoms with Crippen LogP contribution >= 0.6 is 11.3 Å². The number of sulfonamides is 1. The topological polar surface area (TPSA) is 87.8 Å². The molecule has 1 aliphatic carbocycles. The second kappa shape index (κ2) is 5.53. The number of thiophene rings is 1. The van der Waals surface area contributed by atoms with Gasteiger partial charge in [-0.1, -0.05) is 0 Å². The van der Waals surface area contributed by atoms with Crippen LogP contribution in [-0.4, -0.2) is 30.8 Å². The number of furan rings is 1. The van der Waals surface area contributed by atoms with Crippen molar-refractivity contribution in [2.45, 2.75) is 29.5 Å². The van der Waals surface area contributed by atoms with E-state index in [9.17, 15) is 13.2 Å². The summed E-state index contributed by atoms with van der Waals surface area (Å²) in [4.78, 5) is 11.9. The van der Waals surface area contributed by atoms with Crippen LogP contribution in [0.4, 0.5) is 0 Å². The molecule has 0 radical (unpaired) electrons. The van der Waals surface area contributed by atoms with Gasteiger partial charge in [0.05, 0.1) is 6.54 Å². The van der Waals surface area contributed by atoms with Gasteiger partial charge in [0.2, 0.25) is 5.76 Å². The summed E-state index contributed by atoms with van der Waals surface area (Å²) in [7, 11) is -2.14. The molecule has 3 rings (SSSR count). The molecule has 0 atom stereocenters. The molecule has 0 spiro atoms. The van der Waals surface area contributed by atoms with Crippen molar-refractivity contribution in [3.8, 4) is 0 Å². The highest BCUT2D eigenvalue weighted by atomic mass is 32.2. The Balaban J connectivity index is 1.76. The Bertz CT molecular complexity index is 801. The smallest absolute Gasteiger partial charge is 0.371 e. The van der Waals surface area contributed by atoms with Crippen LogP contribution in [-0.2, 0) is 16.6 Å². The van der Waals surface area contributed by atoms with Gasteiger partial charge in [0, 0.05) is 11.9 Å². The van der Waals surface area contributed by atoms with E-state index in [-0.39, 0.29) is 12.3 Å². The Morgan fingerprint density at radius 1 is 1.36 bits per heavy atom. The van der Waals surface area contributed by atoms with Crippen molar-refractivity contribution in [2.75, 3.05) is 7.05 Å². The summed E-state index contributed by atoms with van der Waals surface area (Å²) in [5, 5.41) is 8.81. The molecule has 1 fully saturated rings. The van der Waals surface area contributed by atoms with Gasteiger partial charge in [-0.2, -0.15) is 4.31 Å². The maximum absolute atomic E-state index is 12.5. The van der Waals surface area contributed by atoms with E-state index < -0.39 is 16.0 Å². The van der Waals surface area contributed by atoms with Crippen molar-refractivity contribution in [3.05, 3.63) is 40.7 Å². The normalized spacial score (nSPS) is 15.4. The minimum absolute atomic E-state index is 0.00766. The largest absolute Gasteiger partial charge is 0.475 e. The molecule has 8 heteroatoms. The zero-order chi connectivity index (χ0) is 15.9. The van der Waals surface area contributed by atoms with Crippen molar-refractivity contribution < 1.29 is 22.7 Å². The molecule has 0 bridgehead atoms. The Morgan fingerprint density at radius 2 is 2.09 bits per heavy atom. The summed E-state index contributed by atoms with van der Waals surface area (Å²) >= 11 is 1.31. The standard InChI is InChI=1S/C14H15NO5S2/c1-15(8-10-4-5-11(20-10)14(16)17)22(18,19)13-7-6-12(21-13)9-2-3-9/h4-7,9H,2-3,8H2,1H3,(H,16,17). The molecule has 0 unspecified atom stereocenters. The summed E-state index contributed by atoms with van der Waals surface area (Å²) in [6.45, 7) is -0.00766. The van der Waals surface area contributed by atoms with Crippen molar-refractivity contribution in [2.24, 2.45) is 0 Å². The van der Waals surface area contributed by atoms with E-state index in [0.29, 0.717) is 15.9 Å². The van der Waals surface area contributed by atoms with E-state index in [1.165, 1.54) is 34.8 Å². The van der Waals surface area contributed by atoms with Gasteiger partial charge in [-0.25, -0.2) is 13.2 Å². The summed E-state index contributed by atoms with van der Waals surface area (Å²) in [5.41, 5.74) is 0. The van der Waals surface area contributed by atoms with Gasteiger partial charge in [-0.3, -0.25) is 0 Å². The Hall–Kier alpha value is -1.64. The molecule has 118 valence electrons.